The molecule has 0 bridgehead atoms. The maximum Gasteiger partial charge on any atom is 0.305 e. The summed E-state index contributed by atoms with van der Waals surface area (Å²) in [6.07, 6.45) is 4.25. The van der Waals surface area contributed by atoms with E-state index in [2.05, 4.69) is 6.07 Å². The summed E-state index contributed by atoms with van der Waals surface area (Å²) in [4.78, 5) is 11.0. The summed E-state index contributed by atoms with van der Waals surface area (Å²) < 4.78 is 11.3. The summed E-state index contributed by atoms with van der Waals surface area (Å²) >= 11 is 0. The molecule has 0 saturated heterocycles. The Morgan fingerprint density at radius 2 is 2.09 bits per heavy atom. The second kappa shape index (κ2) is 6.69. The summed E-state index contributed by atoms with van der Waals surface area (Å²) in [6.45, 7) is 1.63. The van der Waals surface area contributed by atoms with Crippen LogP contribution in [0.2, 0.25) is 0 Å². The lowest BCUT2D eigenvalue weighted by atomic mass is 9.81. The summed E-state index contributed by atoms with van der Waals surface area (Å²) in [5.41, 5.74) is -0.461. The van der Waals surface area contributed by atoms with E-state index in [1.165, 1.54) is 0 Å². The number of rotatable bonds is 6. The molecule has 2 rings (SSSR count). The predicted molar refractivity (Wildman–Crippen MR) is 81.1 cm³/mol. The minimum atomic E-state index is -1.09. The van der Waals surface area contributed by atoms with Gasteiger partial charge in [-0.3, -0.25) is 4.79 Å². The van der Waals surface area contributed by atoms with Crippen molar-refractivity contribution in [2.24, 2.45) is 0 Å². The molecule has 118 valence electrons. The Morgan fingerprint density at radius 1 is 1.41 bits per heavy atom. The van der Waals surface area contributed by atoms with E-state index >= 15 is 0 Å². The number of aliphatic carboxylic acids is 1. The van der Waals surface area contributed by atoms with Gasteiger partial charge in [0.25, 0.3) is 0 Å². The van der Waals surface area contributed by atoms with Crippen LogP contribution in [0.3, 0.4) is 0 Å². The van der Waals surface area contributed by atoms with Gasteiger partial charge in [0.2, 0.25) is 0 Å². The first kappa shape index (κ1) is 16.2. The standard InChI is InChI=1S/C17H21NO4/c1-17(11-18,10-16(19)20)12-7-8-14(21-2)15(9-12)22-13-5-3-4-6-13/h7-9,13H,3-6,10H2,1-2H3,(H,19,20). The molecule has 1 aromatic rings. The first-order valence-corrected chi connectivity index (χ1v) is 7.47. The van der Waals surface area contributed by atoms with Crippen molar-refractivity contribution in [3.8, 4) is 17.6 Å². The molecule has 1 aliphatic rings. The Hall–Kier alpha value is -2.22. The molecule has 0 aromatic heterocycles. The monoisotopic (exact) mass is 303 g/mol. The van der Waals surface area contributed by atoms with Gasteiger partial charge in [0.05, 0.1) is 31.1 Å². The maximum absolute atomic E-state index is 11.0. The Kier molecular flexibility index (Phi) is 4.92. The van der Waals surface area contributed by atoms with Crippen molar-refractivity contribution in [2.45, 2.75) is 50.5 Å². The smallest absolute Gasteiger partial charge is 0.305 e. The zero-order valence-corrected chi connectivity index (χ0v) is 13.0. The molecule has 0 spiro atoms. The molecule has 1 N–H and O–H groups in total. The average Bonchev–Trinajstić information content (AvgIpc) is 2.99. The summed E-state index contributed by atoms with van der Waals surface area (Å²) in [6, 6.07) is 7.31. The van der Waals surface area contributed by atoms with E-state index in [9.17, 15) is 10.1 Å². The first-order valence-electron chi connectivity index (χ1n) is 7.47. The van der Waals surface area contributed by atoms with Crippen molar-refractivity contribution in [3.05, 3.63) is 23.8 Å². The number of methoxy groups -OCH3 is 1. The number of carboxylic acid groups (broad SMARTS) is 1. The van der Waals surface area contributed by atoms with Gasteiger partial charge < -0.3 is 14.6 Å². The number of nitriles is 1. The first-order chi connectivity index (χ1) is 10.5. The number of carbonyl (C=O) groups is 1. The van der Waals surface area contributed by atoms with E-state index in [1.807, 2.05) is 0 Å². The lowest BCUT2D eigenvalue weighted by Crippen LogP contribution is -2.24. The van der Waals surface area contributed by atoms with Crippen LogP contribution in [-0.2, 0) is 10.2 Å². The topological polar surface area (TPSA) is 79.5 Å². The molecule has 0 aliphatic heterocycles. The molecule has 1 saturated carbocycles. The van der Waals surface area contributed by atoms with Crippen LogP contribution in [0.1, 0.15) is 44.6 Å². The second-order valence-electron chi connectivity index (χ2n) is 5.90. The lowest BCUT2D eigenvalue weighted by molar-refractivity contribution is -0.137. The molecule has 0 radical (unpaired) electrons. The van der Waals surface area contributed by atoms with Crippen molar-refractivity contribution in [1.29, 1.82) is 5.26 Å². The van der Waals surface area contributed by atoms with E-state index in [-0.39, 0.29) is 12.5 Å². The van der Waals surface area contributed by atoms with Crippen molar-refractivity contribution in [2.75, 3.05) is 7.11 Å². The van der Waals surface area contributed by atoms with Crippen molar-refractivity contribution in [3.63, 3.8) is 0 Å². The van der Waals surface area contributed by atoms with Gasteiger partial charge in [-0.1, -0.05) is 6.07 Å². The highest BCUT2D eigenvalue weighted by Crippen LogP contribution is 2.37. The van der Waals surface area contributed by atoms with E-state index in [1.54, 1.807) is 32.2 Å². The average molecular weight is 303 g/mol. The van der Waals surface area contributed by atoms with Crippen LogP contribution in [0.5, 0.6) is 11.5 Å². The number of carboxylic acids is 1. The van der Waals surface area contributed by atoms with Gasteiger partial charge in [-0.2, -0.15) is 5.26 Å². The molecular formula is C17H21NO4. The zero-order chi connectivity index (χ0) is 16.2. The van der Waals surface area contributed by atoms with Crippen molar-refractivity contribution >= 4 is 5.97 Å². The zero-order valence-electron chi connectivity index (χ0n) is 13.0. The third-order valence-electron chi connectivity index (χ3n) is 4.15. The minimum Gasteiger partial charge on any atom is -0.493 e. The molecule has 0 heterocycles. The Bertz CT molecular complexity index is 587. The normalized spacial score (nSPS) is 17.5. The van der Waals surface area contributed by atoms with Gasteiger partial charge in [-0.25, -0.2) is 0 Å². The van der Waals surface area contributed by atoms with Crippen LogP contribution >= 0.6 is 0 Å². The number of benzene rings is 1. The van der Waals surface area contributed by atoms with E-state index < -0.39 is 11.4 Å². The number of hydrogen-bond acceptors (Lipinski definition) is 4. The van der Waals surface area contributed by atoms with Crippen LogP contribution in [0, 0.1) is 11.3 Å². The molecule has 1 aromatic carbocycles. The Morgan fingerprint density at radius 3 is 2.64 bits per heavy atom. The Labute approximate surface area is 130 Å². The van der Waals surface area contributed by atoms with Crippen LogP contribution < -0.4 is 9.47 Å². The van der Waals surface area contributed by atoms with Gasteiger partial charge in [0, 0.05) is 0 Å². The predicted octanol–water partition coefficient (Wildman–Crippen LogP) is 3.27. The fourth-order valence-corrected chi connectivity index (χ4v) is 2.81. The van der Waals surface area contributed by atoms with E-state index in [0.717, 1.165) is 25.7 Å². The molecule has 1 fully saturated rings. The summed E-state index contributed by atoms with van der Waals surface area (Å²) in [5.74, 6) is 0.183. The molecule has 22 heavy (non-hydrogen) atoms. The largest absolute Gasteiger partial charge is 0.493 e. The molecule has 1 atom stereocenters. The van der Waals surface area contributed by atoms with Gasteiger partial charge in [-0.15, -0.1) is 0 Å². The molecule has 1 unspecified atom stereocenters. The lowest BCUT2D eigenvalue weighted by Gasteiger charge is -2.23. The summed E-state index contributed by atoms with van der Waals surface area (Å²) in [7, 11) is 1.57. The highest BCUT2D eigenvalue weighted by molar-refractivity contribution is 5.70. The quantitative estimate of drug-likeness (QED) is 0.872. The van der Waals surface area contributed by atoms with Crippen molar-refractivity contribution in [1.82, 2.24) is 0 Å². The number of nitrogens with zero attached hydrogens (tertiary/aromatic N) is 1. The SMILES string of the molecule is COc1ccc(C(C)(C#N)CC(=O)O)cc1OC1CCCC1. The van der Waals surface area contributed by atoms with Gasteiger partial charge in [0.1, 0.15) is 0 Å². The van der Waals surface area contributed by atoms with Gasteiger partial charge in [0.15, 0.2) is 11.5 Å². The van der Waals surface area contributed by atoms with Gasteiger partial charge >= 0.3 is 5.97 Å². The van der Waals surface area contributed by atoms with Crippen LogP contribution in [-0.4, -0.2) is 24.3 Å². The Balaban J connectivity index is 2.32. The molecular weight excluding hydrogens is 282 g/mol. The third kappa shape index (κ3) is 3.51. The summed E-state index contributed by atoms with van der Waals surface area (Å²) in [5, 5.41) is 18.4. The van der Waals surface area contributed by atoms with Crippen LogP contribution in [0.25, 0.3) is 0 Å². The fraction of sp³-hybridized carbons (Fsp3) is 0.529. The van der Waals surface area contributed by atoms with Crippen LogP contribution in [0.15, 0.2) is 18.2 Å². The van der Waals surface area contributed by atoms with E-state index in [0.29, 0.717) is 17.1 Å². The minimum absolute atomic E-state index is 0.164. The fourth-order valence-electron chi connectivity index (χ4n) is 2.81. The van der Waals surface area contributed by atoms with E-state index in [4.69, 9.17) is 14.6 Å². The third-order valence-corrected chi connectivity index (χ3v) is 4.15. The highest BCUT2D eigenvalue weighted by Gasteiger charge is 2.31. The molecule has 5 nitrogen and oxygen atoms in total. The highest BCUT2D eigenvalue weighted by atomic mass is 16.5. The second-order valence-corrected chi connectivity index (χ2v) is 5.90. The molecule has 5 heteroatoms. The maximum atomic E-state index is 11.0. The van der Waals surface area contributed by atoms with Gasteiger partial charge in [-0.05, 0) is 50.3 Å². The molecule has 1 aliphatic carbocycles. The number of ether oxygens (including phenoxy) is 2. The number of hydrogen-bond donors (Lipinski definition) is 1. The molecule has 0 amide bonds. The van der Waals surface area contributed by atoms with Crippen molar-refractivity contribution < 1.29 is 19.4 Å². The van der Waals surface area contributed by atoms with Crippen LogP contribution in [0.4, 0.5) is 0 Å².